The maximum absolute atomic E-state index is 12.4. The largest absolute Gasteiger partial charge is 0.497 e. The summed E-state index contributed by atoms with van der Waals surface area (Å²) in [5, 5.41) is 16.3. The fourth-order valence-corrected chi connectivity index (χ4v) is 4.82. The van der Waals surface area contributed by atoms with E-state index in [4.69, 9.17) is 9.26 Å². The third kappa shape index (κ3) is 4.92. The Hall–Kier alpha value is -2.81. The van der Waals surface area contributed by atoms with Gasteiger partial charge in [-0.25, -0.2) is 0 Å². The summed E-state index contributed by atoms with van der Waals surface area (Å²) in [6.07, 6.45) is 4.70. The molecule has 0 aliphatic heterocycles. The summed E-state index contributed by atoms with van der Waals surface area (Å²) >= 11 is 1.39. The number of carbonyl (C=O) groups is 1. The van der Waals surface area contributed by atoms with Crippen molar-refractivity contribution in [3.63, 3.8) is 0 Å². The number of nitrogens with one attached hydrogen (secondary N) is 1. The molecular weight excluding hydrogens is 414 g/mol. The van der Waals surface area contributed by atoms with Crippen LogP contribution in [0.1, 0.15) is 44.4 Å². The van der Waals surface area contributed by atoms with Crippen molar-refractivity contribution in [2.45, 2.75) is 50.7 Å². The highest BCUT2D eigenvalue weighted by Crippen LogP contribution is 2.39. The lowest BCUT2D eigenvalue weighted by Gasteiger charge is -2.31. The van der Waals surface area contributed by atoms with Crippen LogP contribution in [-0.2, 0) is 4.79 Å². The predicted octanol–water partition coefficient (Wildman–Crippen LogP) is 4.73. The molecule has 2 heterocycles. The molecule has 4 rings (SSSR count). The van der Waals surface area contributed by atoms with E-state index < -0.39 is 0 Å². The molecule has 0 bridgehead atoms. The standard InChI is InChI=1S/C22H27N5O3S/c1-14-6-4-5-7-18(14)27-21(16-8-10-17(29-3)11-9-16)24-25-22(27)31-13-20(28)23-19-12-15(2)30-26-19/h8-12,14,18H,4-7,13H2,1-3H3,(H,23,26,28)/t14-,18+/m1/s1. The lowest BCUT2D eigenvalue weighted by atomic mass is 9.85. The summed E-state index contributed by atoms with van der Waals surface area (Å²) in [5.41, 5.74) is 0.987. The normalized spacial score (nSPS) is 18.7. The van der Waals surface area contributed by atoms with Gasteiger partial charge in [0.2, 0.25) is 5.91 Å². The highest BCUT2D eigenvalue weighted by atomic mass is 32.2. The number of ether oxygens (including phenoxy) is 1. The third-order valence-electron chi connectivity index (χ3n) is 5.64. The van der Waals surface area contributed by atoms with Crippen LogP contribution in [0, 0.1) is 12.8 Å². The summed E-state index contributed by atoms with van der Waals surface area (Å²) in [4.78, 5) is 12.4. The first kappa shape index (κ1) is 21.4. The Balaban J connectivity index is 1.57. The minimum absolute atomic E-state index is 0.157. The van der Waals surface area contributed by atoms with E-state index in [1.54, 1.807) is 20.1 Å². The lowest BCUT2D eigenvalue weighted by Crippen LogP contribution is -2.23. The Morgan fingerprint density at radius 1 is 1.26 bits per heavy atom. The summed E-state index contributed by atoms with van der Waals surface area (Å²) < 4.78 is 12.5. The molecule has 1 fully saturated rings. The summed E-state index contributed by atoms with van der Waals surface area (Å²) in [7, 11) is 1.65. The van der Waals surface area contributed by atoms with Gasteiger partial charge in [0.25, 0.3) is 0 Å². The van der Waals surface area contributed by atoms with Gasteiger partial charge in [0.05, 0.1) is 12.9 Å². The van der Waals surface area contributed by atoms with Gasteiger partial charge in [0.1, 0.15) is 11.5 Å². The van der Waals surface area contributed by atoms with Crippen LogP contribution in [0.4, 0.5) is 5.82 Å². The number of aryl methyl sites for hydroxylation is 1. The minimum atomic E-state index is -0.157. The molecule has 1 saturated carbocycles. The Morgan fingerprint density at radius 3 is 2.71 bits per heavy atom. The second kappa shape index (κ2) is 9.55. The fraction of sp³-hybridized carbons (Fsp3) is 0.455. The monoisotopic (exact) mass is 441 g/mol. The molecule has 1 aliphatic carbocycles. The molecule has 0 unspecified atom stereocenters. The number of aromatic nitrogens is 4. The van der Waals surface area contributed by atoms with Gasteiger partial charge in [-0.15, -0.1) is 10.2 Å². The molecular formula is C22H27N5O3S. The number of amides is 1. The SMILES string of the molecule is COc1ccc(-c2nnc(SCC(=O)Nc3cc(C)on3)n2[C@H]2CCCC[C@H]2C)cc1. The van der Waals surface area contributed by atoms with Crippen molar-refractivity contribution >= 4 is 23.5 Å². The first-order valence-corrected chi connectivity index (χ1v) is 11.5. The number of rotatable bonds is 7. The Kier molecular flexibility index (Phi) is 6.60. The van der Waals surface area contributed by atoms with Gasteiger partial charge in [-0.05, 0) is 49.9 Å². The molecule has 1 amide bonds. The quantitative estimate of drug-likeness (QED) is 0.530. The molecule has 1 N–H and O–H groups in total. The molecule has 1 aliphatic rings. The van der Waals surface area contributed by atoms with Crippen molar-refractivity contribution in [2.24, 2.45) is 5.92 Å². The number of methoxy groups -OCH3 is 1. The second-order valence-corrected chi connectivity index (χ2v) is 8.84. The molecule has 0 radical (unpaired) electrons. The first-order valence-electron chi connectivity index (χ1n) is 10.5. The van der Waals surface area contributed by atoms with Crippen molar-refractivity contribution in [1.29, 1.82) is 0 Å². The van der Waals surface area contributed by atoms with Gasteiger partial charge in [-0.1, -0.05) is 36.7 Å². The minimum Gasteiger partial charge on any atom is -0.497 e. The van der Waals surface area contributed by atoms with E-state index in [2.05, 4.69) is 32.2 Å². The number of hydrogen-bond donors (Lipinski definition) is 1. The zero-order valence-electron chi connectivity index (χ0n) is 18.0. The Bertz CT molecular complexity index is 1030. The number of hydrogen-bond acceptors (Lipinski definition) is 7. The van der Waals surface area contributed by atoms with E-state index >= 15 is 0 Å². The van der Waals surface area contributed by atoms with Gasteiger partial charge in [0.15, 0.2) is 16.8 Å². The van der Waals surface area contributed by atoms with Crippen molar-refractivity contribution in [3.05, 3.63) is 36.1 Å². The summed E-state index contributed by atoms with van der Waals surface area (Å²) in [6, 6.07) is 9.86. The second-order valence-electron chi connectivity index (χ2n) is 7.89. The van der Waals surface area contributed by atoms with Crippen molar-refractivity contribution in [2.75, 3.05) is 18.2 Å². The average Bonchev–Trinajstić information content (AvgIpc) is 3.38. The first-order chi connectivity index (χ1) is 15.0. The smallest absolute Gasteiger partial charge is 0.236 e. The Morgan fingerprint density at radius 2 is 2.03 bits per heavy atom. The van der Waals surface area contributed by atoms with Crippen molar-refractivity contribution < 1.29 is 14.1 Å². The van der Waals surface area contributed by atoms with Gasteiger partial charge >= 0.3 is 0 Å². The molecule has 31 heavy (non-hydrogen) atoms. The van der Waals surface area contributed by atoms with Crippen molar-refractivity contribution in [1.82, 2.24) is 19.9 Å². The number of anilines is 1. The van der Waals surface area contributed by atoms with Gasteiger partial charge < -0.3 is 14.6 Å². The van der Waals surface area contributed by atoms with E-state index in [0.29, 0.717) is 23.5 Å². The van der Waals surface area contributed by atoms with E-state index in [0.717, 1.165) is 28.7 Å². The molecule has 8 nitrogen and oxygen atoms in total. The number of thioether (sulfide) groups is 1. The van der Waals surface area contributed by atoms with E-state index in [1.165, 1.54) is 31.0 Å². The van der Waals surface area contributed by atoms with Crippen LogP contribution in [0.25, 0.3) is 11.4 Å². The molecule has 2 atom stereocenters. The topological polar surface area (TPSA) is 95.1 Å². The molecule has 2 aromatic heterocycles. The zero-order valence-corrected chi connectivity index (χ0v) is 18.8. The summed E-state index contributed by atoms with van der Waals surface area (Å²) in [6.45, 7) is 4.07. The maximum atomic E-state index is 12.4. The van der Waals surface area contributed by atoms with Gasteiger partial charge in [-0.2, -0.15) is 0 Å². The molecule has 0 spiro atoms. The van der Waals surface area contributed by atoms with Crippen LogP contribution in [-0.4, -0.2) is 38.7 Å². The number of carbonyl (C=O) groups excluding carboxylic acids is 1. The van der Waals surface area contributed by atoms with Gasteiger partial charge in [0, 0.05) is 17.7 Å². The van der Waals surface area contributed by atoms with Crippen molar-refractivity contribution in [3.8, 4) is 17.1 Å². The van der Waals surface area contributed by atoms with E-state index in [-0.39, 0.29) is 11.7 Å². The lowest BCUT2D eigenvalue weighted by molar-refractivity contribution is -0.113. The number of benzene rings is 1. The van der Waals surface area contributed by atoms with Crippen LogP contribution >= 0.6 is 11.8 Å². The van der Waals surface area contributed by atoms with Crippen LogP contribution in [0.3, 0.4) is 0 Å². The fourth-order valence-electron chi connectivity index (χ4n) is 4.03. The molecule has 1 aromatic carbocycles. The van der Waals surface area contributed by atoms with Crippen LogP contribution in [0.2, 0.25) is 0 Å². The maximum Gasteiger partial charge on any atom is 0.236 e. The predicted molar refractivity (Wildman–Crippen MR) is 119 cm³/mol. The molecule has 9 heteroatoms. The number of nitrogens with zero attached hydrogens (tertiary/aromatic N) is 4. The van der Waals surface area contributed by atoms with Crippen LogP contribution in [0.15, 0.2) is 40.0 Å². The van der Waals surface area contributed by atoms with Crippen LogP contribution in [0.5, 0.6) is 5.75 Å². The van der Waals surface area contributed by atoms with E-state index in [1.807, 2.05) is 24.3 Å². The van der Waals surface area contributed by atoms with Gasteiger partial charge in [-0.3, -0.25) is 9.36 Å². The van der Waals surface area contributed by atoms with Crippen LogP contribution < -0.4 is 10.1 Å². The molecule has 0 saturated heterocycles. The zero-order chi connectivity index (χ0) is 21.8. The Labute approximate surface area is 185 Å². The summed E-state index contributed by atoms with van der Waals surface area (Å²) in [5.74, 6) is 3.28. The molecule has 3 aromatic rings. The highest BCUT2D eigenvalue weighted by Gasteiger charge is 2.29. The third-order valence-corrected chi connectivity index (χ3v) is 6.58. The average molecular weight is 442 g/mol. The highest BCUT2D eigenvalue weighted by molar-refractivity contribution is 7.99. The van der Waals surface area contributed by atoms with E-state index in [9.17, 15) is 4.79 Å². The molecule has 164 valence electrons.